The standard InChI is InChI=1S/C17H17ClFN3O2/c1-10-7-22(8-11(2)24-10)17-13(9-23)21-16(15(19)14(17)18)12-4-3-5-20-6-12/h3-6,9-11H,7-8H2,1-2H3/t10-,11-/m1/s1. The van der Waals surface area contributed by atoms with Gasteiger partial charge in [0.05, 0.1) is 17.9 Å². The van der Waals surface area contributed by atoms with Crippen LogP contribution in [0.25, 0.3) is 11.3 Å². The van der Waals surface area contributed by atoms with Crippen molar-refractivity contribution in [1.29, 1.82) is 0 Å². The van der Waals surface area contributed by atoms with Gasteiger partial charge in [-0.3, -0.25) is 9.78 Å². The summed E-state index contributed by atoms with van der Waals surface area (Å²) in [7, 11) is 0. The molecule has 0 amide bonds. The average molecular weight is 350 g/mol. The van der Waals surface area contributed by atoms with E-state index in [0.29, 0.717) is 30.6 Å². The molecular weight excluding hydrogens is 333 g/mol. The normalized spacial score (nSPS) is 20.9. The summed E-state index contributed by atoms with van der Waals surface area (Å²) in [5.41, 5.74) is 0.920. The number of morpholine rings is 1. The molecule has 3 rings (SSSR count). The molecule has 0 unspecified atom stereocenters. The smallest absolute Gasteiger partial charge is 0.170 e. The second-order valence-electron chi connectivity index (χ2n) is 5.84. The minimum Gasteiger partial charge on any atom is -0.372 e. The monoisotopic (exact) mass is 349 g/mol. The summed E-state index contributed by atoms with van der Waals surface area (Å²) in [5, 5.41) is -0.104. The van der Waals surface area contributed by atoms with E-state index in [1.165, 1.54) is 6.20 Å². The Labute approximate surface area is 144 Å². The Morgan fingerprint density at radius 2 is 2.08 bits per heavy atom. The number of hydrogen-bond acceptors (Lipinski definition) is 5. The zero-order chi connectivity index (χ0) is 17.3. The summed E-state index contributed by atoms with van der Waals surface area (Å²) < 4.78 is 20.5. The molecule has 3 heterocycles. The van der Waals surface area contributed by atoms with Crippen molar-refractivity contribution in [3.63, 3.8) is 0 Å². The fourth-order valence-corrected chi connectivity index (χ4v) is 3.29. The number of ether oxygens (including phenoxy) is 1. The topological polar surface area (TPSA) is 55.3 Å². The zero-order valence-corrected chi connectivity index (χ0v) is 14.1. The second-order valence-corrected chi connectivity index (χ2v) is 6.22. The van der Waals surface area contributed by atoms with Gasteiger partial charge in [-0.25, -0.2) is 9.37 Å². The van der Waals surface area contributed by atoms with Gasteiger partial charge in [-0.15, -0.1) is 0 Å². The van der Waals surface area contributed by atoms with Crippen LogP contribution in [0.1, 0.15) is 24.3 Å². The van der Waals surface area contributed by atoms with E-state index in [2.05, 4.69) is 9.97 Å². The number of anilines is 1. The Kier molecular flexibility index (Phi) is 4.78. The minimum atomic E-state index is -0.655. The van der Waals surface area contributed by atoms with Crippen molar-refractivity contribution in [2.45, 2.75) is 26.1 Å². The number of halogens is 2. The van der Waals surface area contributed by atoms with E-state index in [9.17, 15) is 9.18 Å². The Morgan fingerprint density at radius 1 is 1.38 bits per heavy atom. The average Bonchev–Trinajstić information content (AvgIpc) is 2.56. The maximum absolute atomic E-state index is 14.8. The lowest BCUT2D eigenvalue weighted by molar-refractivity contribution is -0.00528. The van der Waals surface area contributed by atoms with E-state index >= 15 is 0 Å². The first-order chi connectivity index (χ1) is 11.5. The van der Waals surface area contributed by atoms with Crippen molar-refractivity contribution < 1.29 is 13.9 Å². The number of hydrogen-bond donors (Lipinski definition) is 0. The predicted octanol–water partition coefficient (Wildman–Crippen LogP) is 3.36. The SMILES string of the molecule is C[C@@H]1CN(c2c(C=O)nc(-c3cccnc3)c(F)c2Cl)C[C@@H](C)O1. The number of nitrogens with zero attached hydrogens (tertiary/aromatic N) is 3. The number of carbonyl (C=O) groups excluding carboxylic acids is 1. The molecule has 0 bridgehead atoms. The molecule has 0 aromatic carbocycles. The third-order valence-electron chi connectivity index (χ3n) is 3.87. The lowest BCUT2D eigenvalue weighted by atomic mass is 10.1. The van der Waals surface area contributed by atoms with Gasteiger partial charge in [-0.1, -0.05) is 11.6 Å². The third kappa shape index (κ3) is 3.12. The molecule has 2 aromatic heterocycles. The molecule has 0 saturated carbocycles. The van der Waals surface area contributed by atoms with Crippen LogP contribution in [0.5, 0.6) is 0 Å². The molecule has 0 aliphatic carbocycles. The molecule has 1 aliphatic rings. The molecule has 1 fully saturated rings. The van der Waals surface area contributed by atoms with Crippen LogP contribution < -0.4 is 4.90 Å². The molecule has 5 nitrogen and oxygen atoms in total. The van der Waals surface area contributed by atoms with E-state index in [-0.39, 0.29) is 28.6 Å². The molecular formula is C17H17ClFN3O2. The Hall–Kier alpha value is -2.05. The highest BCUT2D eigenvalue weighted by Crippen LogP contribution is 2.36. The number of aldehydes is 1. The lowest BCUT2D eigenvalue weighted by Gasteiger charge is -2.37. The quantitative estimate of drug-likeness (QED) is 0.795. The van der Waals surface area contributed by atoms with Gasteiger partial charge in [0.1, 0.15) is 16.4 Å². The summed E-state index contributed by atoms with van der Waals surface area (Å²) >= 11 is 6.28. The van der Waals surface area contributed by atoms with Gasteiger partial charge in [0.25, 0.3) is 0 Å². The summed E-state index contributed by atoms with van der Waals surface area (Å²) in [6, 6.07) is 3.34. The van der Waals surface area contributed by atoms with Gasteiger partial charge in [-0.2, -0.15) is 0 Å². The Balaban J connectivity index is 2.11. The maximum atomic E-state index is 14.8. The zero-order valence-electron chi connectivity index (χ0n) is 13.4. The van der Waals surface area contributed by atoms with Gasteiger partial charge in [0.15, 0.2) is 12.1 Å². The van der Waals surface area contributed by atoms with Gasteiger partial charge in [-0.05, 0) is 26.0 Å². The summed E-state index contributed by atoms with van der Waals surface area (Å²) in [6.45, 7) is 4.87. The molecule has 126 valence electrons. The first kappa shape index (κ1) is 16.8. The van der Waals surface area contributed by atoms with Crippen LogP contribution in [-0.4, -0.2) is 41.6 Å². The van der Waals surface area contributed by atoms with Crippen molar-refractivity contribution in [2.24, 2.45) is 0 Å². The molecule has 0 radical (unpaired) electrons. The van der Waals surface area contributed by atoms with Gasteiger partial charge in [0.2, 0.25) is 0 Å². The van der Waals surface area contributed by atoms with Crippen molar-refractivity contribution in [3.8, 4) is 11.3 Å². The van der Waals surface area contributed by atoms with Gasteiger partial charge < -0.3 is 9.64 Å². The highest BCUT2D eigenvalue weighted by atomic mass is 35.5. The van der Waals surface area contributed by atoms with E-state index in [1.807, 2.05) is 18.7 Å². The van der Waals surface area contributed by atoms with Crippen LogP contribution >= 0.6 is 11.6 Å². The third-order valence-corrected chi connectivity index (χ3v) is 4.21. The molecule has 24 heavy (non-hydrogen) atoms. The highest BCUT2D eigenvalue weighted by molar-refractivity contribution is 6.34. The van der Waals surface area contributed by atoms with E-state index in [0.717, 1.165) is 0 Å². The minimum absolute atomic E-state index is 0.0216. The number of aromatic nitrogens is 2. The van der Waals surface area contributed by atoms with Crippen molar-refractivity contribution in [1.82, 2.24) is 9.97 Å². The van der Waals surface area contributed by atoms with Crippen molar-refractivity contribution in [3.05, 3.63) is 41.1 Å². The van der Waals surface area contributed by atoms with Crippen LogP contribution in [0.3, 0.4) is 0 Å². The number of rotatable bonds is 3. The van der Waals surface area contributed by atoms with Crippen LogP contribution in [0.2, 0.25) is 5.02 Å². The number of carbonyl (C=O) groups is 1. The predicted molar refractivity (Wildman–Crippen MR) is 90.0 cm³/mol. The maximum Gasteiger partial charge on any atom is 0.170 e. The Bertz CT molecular complexity index is 747. The first-order valence-corrected chi connectivity index (χ1v) is 8.04. The fraction of sp³-hybridized carbons (Fsp3) is 0.353. The molecule has 2 aromatic rings. The fourth-order valence-electron chi connectivity index (χ4n) is 2.98. The van der Waals surface area contributed by atoms with E-state index in [4.69, 9.17) is 16.3 Å². The molecule has 0 spiro atoms. The van der Waals surface area contributed by atoms with Crippen molar-refractivity contribution >= 4 is 23.6 Å². The molecule has 1 aliphatic heterocycles. The lowest BCUT2D eigenvalue weighted by Crippen LogP contribution is -2.46. The molecule has 1 saturated heterocycles. The van der Waals surface area contributed by atoms with Crippen LogP contribution in [-0.2, 0) is 4.74 Å². The molecule has 0 N–H and O–H groups in total. The number of pyridine rings is 2. The summed E-state index contributed by atoms with van der Waals surface area (Å²) in [5.74, 6) is -0.655. The summed E-state index contributed by atoms with van der Waals surface area (Å²) in [4.78, 5) is 21.6. The van der Waals surface area contributed by atoms with Crippen LogP contribution in [0, 0.1) is 5.82 Å². The molecule has 2 atom stereocenters. The second kappa shape index (κ2) is 6.83. The van der Waals surface area contributed by atoms with Crippen molar-refractivity contribution in [2.75, 3.05) is 18.0 Å². The summed E-state index contributed by atoms with van der Waals surface area (Å²) in [6.07, 6.45) is 3.56. The molecule has 7 heteroatoms. The van der Waals surface area contributed by atoms with Gasteiger partial charge >= 0.3 is 0 Å². The van der Waals surface area contributed by atoms with E-state index in [1.54, 1.807) is 18.3 Å². The van der Waals surface area contributed by atoms with Crippen LogP contribution in [0.4, 0.5) is 10.1 Å². The highest BCUT2D eigenvalue weighted by Gasteiger charge is 2.29. The van der Waals surface area contributed by atoms with Gasteiger partial charge in [0, 0.05) is 31.0 Å². The van der Waals surface area contributed by atoms with Crippen LogP contribution in [0.15, 0.2) is 24.5 Å². The largest absolute Gasteiger partial charge is 0.372 e. The Morgan fingerprint density at radius 3 is 2.67 bits per heavy atom. The first-order valence-electron chi connectivity index (χ1n) is 7.66. The van der Waals surface area contributed by atoms with E-state index < -0.39 is 5.82 Å².